The van der Waals surface area contributed by atoms with Gasteiger partial charge in [0.1, 0.15) is 5.75 Å². The number of likely N-dealkylation sites (N-methyl/N-ethyl adjacent to an activating group) is 1. The number of carbonyl (C=O) groups is 1. The molecule has 0 fully saturated rings. The lowest BCUT2D eigenvalue weighted by molar-refractivity contribution is -0.132. The Morgan fingerprint density at radius 2 is 2.00 bits per heavy atom. The molecule has 0 aliphatic carbocycles. The predicted octanol–water partition coefficient (Wildman–Crippen LogP) is 2.42. The first-order chi connectivity index (χ1) is 9.18. The molecule has 0 N–H and O–H groups in total. The lowest BCUT2D eigenvalue weighted by Crippen LogP contribution is -2.37. The standard InChI is InChI=1S/C14H13FN2O2/c1-17(11-6-3-2-4-7-11)14(18)13(15)19-12-8-5-9-16-10-12/h2-10,13H,1H3. The number of hydrogen-bond acceptors (Lipinski definition) is 3. The lowest BCUT2D eigenvalue weighted by Gasteiger charge is -2.19. The second-order valence-corrected chi connectivity index (χ2v) is 3.86. The van der Waals surface area contributed by atoms with Crippen molar-refractivity contribution in [1.29, 1.82) is 0 Å². The summed E-state index contributed by atoms with van der Waals surface area (Å²) in [5, 5.41) is 0. The SMILES string of the molecule is CN(C(=O)C(F)Oc1cccnc1)c1ccccc1. The topological polar surface area (TPSA) is 42.4 Å². The van der Waals surface area contributed by atoms with Gasteiger partial charge >= 0.3 is 12.3 Å². The van der Waals surface area contributed by atoms with Crippen molar-refractivity contribution in [3.8, 4) is 5.75 Å². The molecule has 0 saturated carbocycles. The molecular formula is C14H13FN2O2. The van der Waals surface area contributed by atoms with Crippen LogP contribution in [0, 0.1) is 0 Å². The maximum Gasteiger partial charge on any atom is 0.317 e. The Bertz CT molecular complexity index is 534. The van der Waals surface area contributed by atoms with Crippen LogP contribution in [0.2, 0.25) is 0 Å². The van der Waals surface area contributed by atoms with Crippen molar-refractivity contribution in [2.24, 2.45) is 0 Å². The fraction of sp³-hybridized carbons (Fsp3) is 0.143. The largest absolute Gasteiger partial charge is 0.450 e. The average Bonchev–Trinajstić information content (AvgIpc) is 2.47. The molecule has 19 heavy (non-hydrogen) atoms. The van der Waals surface area contributed by atoms with Gasteiger partial charge in [0, 0.05) is 18.9 Å². The highest BCUT2D eigenvalue weighted by Crippen LogP contribution is 2.16. The first kappa shape index (κ1) is 13.0. The highest BCUT2D eigenvalue weighted by molar-refractivity contribution is 5.95. The molecular weight excluding hydrogens is 247 g/mol. The minimum atomic E-state index is -2.06. The van der Waals surface area contributed by atoms with Gasteiger partial charge in [-0.25, -0.2) is 0 Å². The van der Waals surface area contributed by atoms with E-state index in [-0.39, 0.29) is 5.75 Å². The van der Waals surface area contributed by atoms with Gasteiger partial charge in [0.05, 0.1) is 6.20 Å². The summed E-state index contributed by atoms with van der Waals surface area (Å²) in [6, 6.07) is 11.9. The number of carbonyl (C=O) groups excluding carboxylic acids is 1. The zero-order valence-corrected chi connectivity index (χ0v) is 10.4. The Morgan fingerprint density at radius 3 is 2.63 bits per heavy atom. The molecule has 0 aliphatic rings. The summed E-state index contributed by atoms with van der Waals surface area (Å²) in [7, 11) is 1.50. The van der Waals surface area contributed by atoms with Crippen LogP contribution in [0.25, 0.3) is 0 Å². The van der Waals surface area contributed by atoms with E-state index in [0.29, 0.717) is 5.69 Å². The monoisotopic (exact) mass is 260 g/mol. The minimum absolute atomic E-state index is 0.213. The van der Waals surface area contributed by atoms with E-state index in [1.807, 2.05) is 6.07 Å². The summed E-state index contributed by atoms with van der Waals surface area (Å²) in [4.78, 5) is 16.8. The molecule has 1 aromatic heterocycles. The van der Waals surface area contributed by atoms with Crippen molar-refractivity contribution in [2.45, 2.75) is 6.36 Å². The maximum absolute atomic E-state index is 13.8. The van der Waals surface area contributed by atoms with Crippen LogP contribution in [-0.4, -0.2) is 24.3 Å². The van der Waals surface area contributed by atoms with Crippen LogP contribution in [0.15, 0.2) is 54.9 Å². The third-order valence-corrected chi connectivity index (χ3v) is 2.54. The zero-order chi connectivity index (χ0) is 13.7. The summed E-state index contributed by atoms with van der Waals surface area (Å²) < 4.78 is 18.7. The van der Waals surface area contributed by atoms with Gasteiger partial charge in [-0.2, -0.15) is 4.39 Å². The van der Waals surface area contributed by atoms with E-state index < -0.39 is 12.3 Å². The van der Waals surface area contributed by atoms with Crippen LogP contribution in [0.3, 0.4) is 0 Å². The molecule has 1 amide bonds. The Kier molecular flexibility index (Phi) is 4.07. The summed E-state index contributed by atoms with van der Waals surface area (Å²) in [5.41, 5.74) is 0.602. The molecule has 1 aromatic carbocycles. The molecule has 98 valence electrons. The average molecular weight is 260 g/mol. The predicted molar refractivity (Wildman–Crippen MR) is 69.6 cm³/mol. The van der Waals surface area contributed by atoms with E-state index in [2.05, 4.69) is 4.98 Å². The summed E-state index contributed by atoms with van der Waals surface area (Å²) in [5.74, 6) is -0.556. The van der Waals surface area contributed by atoms with Gasteiger partial charge in [0.2, 0.25) is 0 Å². The fourth-order valence-corrected chi connectivity index (χ4v) is 1.52. The van der Waals surface area contributed by atoms with Crippen LogP contribution in [0.5, 0.6) is 5.75 Å². The smallest absolute Gasteiger partial charge is 0.317 e. The van der Waals surface area contributed by atoms with Gasteiger partial charge < -0.3 is 9.64 Å². The van der Waals surface area contributed by atoms with Crippen LogP contribution in [0.4, 0.5) is 10.1 Å². The van der Waals surface area contributed by atoms with Crippen LogP contribution in [0.1, 0.15) is 0 Å². The quantitative estimate of drug-likeness (QED) is 0.847. The summed E-state index contributed by atoms with van der Waals surface area (Å²) in [6.45, 7) is 0. The number of anilines is 1. The van der Waals surface area contributed by atoms with E-state index >= 15 is 0 Å². The van der Waals surface area contributed by atoms with Gasteiger partial charge in [-0.15, -0.1) is 0 Å². The summed E-state index contributed by atoms with van der Waals surface area (Å²) in [6.07, 6.45) is 0.829. The molecule has 0 saturated heterocycles. The number of hydrogen-bond donors (Lipinski definition) is 0. The summed E-state index contributed by atoms with van der Waals surface area (Å²) >= 11 is 0. The van der Waals surface area contributed by atoms with E-state index in [4.69, 9.17) is 4.74 Å². The fourth-order valence-electron chi connectivity index (χ4n) is 1.52. The van der Waals surface area contributed by atoms with Crippen molar-refractivity contribution in [3.05, 3.63) is 54.9 Å². The number of alkyl halides is 1. The zero-order valence-electron chi connectivity index (χ0n) is 10.4. The second kappa shape index (κ2) is 5.95. The Morgan fingerprint density at radius 1 is 1.26 bits per heavy atom. The molecule has 0 bridgehead atoms. The number of aromatic nitrogens is 1. The number of amides is 1. The number of benzene rings is 1. The molecule has 4 nitrogen and oxygen atoms in total. The van der Waals surface area contributed by atoms with Gasteiger partial charge in [0.15, 0.2) is 0 Å². The molecule has 2 aromatic rings. The molecule has 1 atom stereocenters. The van der Waals surface area contributed by atoms with Crippen LogP contribution < -0.4 is 9.64 Å². The van der Waals surface area contributed by atoms with E-state index in [1.165, 1.54) is 30.4 Å². The van der Waals surface area contributed by atoms with E-state index in [0.717, 1.165) is 0 Å². The number of para-hydroxylation sites is 1. The molecule has 0 aliphatic heterocycles. The van der Waals surface area contributed by atoms with Crippen molar-refractivity contribution in [3.63, 3.8) is 0 Å². The normalized spacial score (nSPS) is 11.7. The first-order valence-electron chi connectivity index (χ1n) is 5.72. The van der Waals surface area contributed by atoms with Crippen molar-refractivity contribution in [1.82, 2.24) is 4.98 Å². The molecule has 5 heteroatoms. The van der Waals surface area contributed by atoms with Gasteiger partial charge in [-0.3, -0.25) is 9.78 Å². The number of rotatable bonds is 4. The molecule has 2 rings (SSSR count). The highest BCUT2D eigenvalue weighted by atomic mass is 19.1. The van der Waals surface area contributed by atoms with Gasteiger partial charge in [0.25, 0.3) is 0 Å². The lowest BCUT2D eigenvalue weighted by atomic mass is 10.3. The third kappa shape index (κ3) is 3.28. The van der Waals surface area contributed by atoms with Gasteiger partial charge in [-0.05, 0) is 24.3 Å². The maximum atomic E-state index is 13.8. The Balaban J connectivity index is 2.03. The van der Waals surface area contributed by atoms with Crippen LogP contribution in [-0.2, 0) is 4.79 Å². The van der Waals surface area contributed by atoms with Gasteiger partial charge in [-0.1, -0.05) is 18.2 Å². The number of pyridine rings is 1. The number of nitrogens with zero attached hydrogens (tertiary/aromatic N) is 2. The number of halogens is 1. The second-order valence-electron chi connectivity index (χ2n) is 3.86. The Hall–Kier alpha value is -2.43. The van der Waals surface area contributed by atoms with Crippen molar-refractivity contribution in [2.75, 3.05) is 11.9 Å². The highest BCUT2D eigenvalue weighted by Gasteiger charge is 2.24. The molecule has 0 radical (unpaired) electrons. The number of ether oxygens (including phenoxy) is 1. The van der Waals surface area contributed by atoms with Crippen molar-refractivity contribution < 1.29 is 13.9 Å². The van der Waals surface area contributed by atoms with Crippen molar-refractivity contribution >= 4 is 11.6 Å². The molecule has 1 unspecified atom stereocenters. The first-order valence-corrected chi connectivity index (χ1v) is 5.72. The molecule has 0 spiro atoms. The van der Waals surface area contributed by atoms with Crippen LogP contribution >= 0.6 is 0 Å². The molecule has 1 heterocycles. The van der Waals surface area contributed by atoms with E-state index in [9.17, 15) is 9.18 Å². The Labute approximate surface area is 110 Å². The minimum Gasteiger partial charge on any atom is -0.450 e. The third-order valence-electron chi connectivity index (χ3n) is 2.54. The van der Waals surface area contributed by atoms with E-state index in [1.54, 1.807) is 30.3 Å².